The summed E-state index contributed by atoms with van der Waals surface area (Å²) >= 11 is 0. The minimum absolute atomic E-state index is 0.0390. The van der Waals surface area contributed by atoms with Crippen LogP contribution in [0.25, 0.3) is 0 Å². The number of nitrogens with zero attached hydrogens (tertiary/aromatic N) is 2. The lowest BCUT2D eigenvalue weighted by Crippen LogP contribution is -2.44. The average Bonchev–Trinajstić information content (AvgIpc) is 3.27. The van der Waals surface area contributed by atoms with Gasteiger partial charge in [0.25, 0.3) is 0 Å². The molecule has 0 radical (unpaired) electrons. The Bertz CT molecular complexity index is 736. The molecule has 1 saturated carbocycles. The predicted molar refractivity (Wildman–Crippen MR) is 107 cm³/mol. The molecular weight excluding hydrogens is 368 g/mol. The van der Waals surface area contributed by atoms with Gasteiger partial charge in [-0.15, -0.1) is 0 Å². The molecule has 0 bridgehead atoms. The number of nitrogens with one attached hydrogen (secondary N) is 2. The SMILES string of the molecule is N#Cc1cccnc1OC1CCC(NC(=O)C2CCC(C3CCNCC3)O2)CC1. The van der Waals surface area contributed by atoms with Gasteiger partial charge in [0.1, 0.15) is 23.8 Å². The van der Waals surface area contributed by atoms with Crippen LogP contribution < -0.4 is 15.4 Å². The van der Waals surface area contributed by atoms with Crippen molar-refractivity contribution in [1.29, 1.82) is 5.26 Å². The molecule has 3 heterocycles. The number of pyridine rings is 1. The van der Waals surface area contributed by atoms with Gasteiger partial charge in [-0.2, -0.15) is 5.26 Å². The van der Waals surface area contributed by atoms with Crippen molar-refractivity contribution in [1.82, 2.24) is 15.6 Å². The first-order valence-corrected chi connectivity index (χ1v) is 10.9. The number of piperidine rings is 1. The summed E-state index contributed by atoms with van der Waals surface area (Å²) in [4.78, 5) is 16.8. The zero-order valence-corrected chi connectivity index (χ0v) is 16.8. The number of hydrogen-bond donors (Lipinski definition) is 2. The predicted octanol–water partition coefficient (Wildman–Crippen LogP) is 2.31. The standard InChI is InChI=1S/C22H30N4O3/c23-14-16-2-1-11-25-22(16)28-18-5-3-17(4-6-18)26-21(27)20-8-7-19(29-20)15-9-12-24-13-10-15/h1-2,11,15,17-20,24H,3-10,12-13H2,(H,26,27). The third-order valence-corrected chi connectivity index (χ3v) is 6.44. The number of carbonyl (C=O) groups is 1. The molecule has 2 aliphatic heterocycles. The van der Waals surface area contributed by atoms with Gasteiger partial charge in [-0.3, -0.25) is 4.79 Å². The number of amides is 1. The van der Waals surface area contributed by atoms with E-state index in [1.807, 2.05) is 0 Å². The second kappa shape index (κ2) is 9.55. The van der Waals surface area contributed by atoms with E-state index in [-0.39, 0.29) is 30.3 Å². The number of ether oxygens (including phenoxy) is 2. The van der Waals surface area contributed by atoms with E-state index >= 15 is 0 Å². The van der Waals surface area contributed by atoms with Crippen LogP contribution in [0, 0.1) is 17.2 Å². The molecular formula is C22H30N4O3. The Hall–Kier alpha value is -2.17. The minimum Gasteiger partial charge on any atom is -0.473 e. The maximum Gasteiger partial charge on any atom is 0.249 e. The van der Waals surface area contributed by atoms with Crippen molar-refractivity contribution in [2.24, 2.45) is 5.92 Å². The van der Waals surface area contributed by atoms with Gasteiger partial charge in [0.2, 0.25) is 11.8 Å². The van der Waals surface area contributed by atoms with Crippen molar-refractivity contribution < 1.29 is 14.3 Å². The first kappa shape index (κ1) is 20.1. The summed E-state index contributed by atoms with van der Waals surface area (Å²) in [6.45, 7) is 2.11. The van der Waals surface area contributed by atoms with Gasteiger partial charge < -0.3 is 20.1 Å². The first-order chi connectivity index (χ1) is 14.2. The van der Waals surface area contributed by atoms with E-state index in [9.17, 15) is 4.79 Å². The van der Waals surface area contributed by atoms with Gasteiger partial charge in [-0.1, -0.05) is 0 Å². The highest BCUT2D eigenvalue weighted by molar-refractivity contribution is 5.81. The van der Waals surface area contributed by atoms with Crippen molar-refractivity contribution in [2.45, 2.75) is 75.7 Å². The highest BCUT2D eigenvalue weighted by Crippen LogP contribution is 2.31. The van der Waals surface area contributed by atoms with Gasteiger partial charge in [0.15, 0.2) is 0 Å². The molecule has 2 saturated heterocycles. The molecule has 2 N–H and O–H groups in total. The molecule has 1 aliphatic carbocycles. The Morgan fingerprint density at radius 1 is 1.17 bits per heavy atom. The van der Waals surface area contributed by atoms with Gasteiger partial charge in [-0.25, -0.2) is 4.98 Å². The zero-order valence-electron chi connectivity index (χ0n) is 16.8. The first-order valence-electron chi connectivity index (χ1n) is 10.9. The summed E-state index contributed by atoms with van der Waals surface area (Å²) in [6.07, 6.45) is 9.17. The van der Waals surface area contributed by atoms with Crippen molar-refractivity contribution >= 4 is 5.91 Å². The molecule has 1 amide bonds. The third kappa shape index (κ3) is 5.06. The lowest BCUT2D eigenvalue weighted by Gasteiger charge is -2.30. The van der Waals surface area contributed by atoms with Crippen LogP contribution in [0.4, 0.5) is 0 Å². The molecule has 1 aromatic rings. The maximum absolute atomic E-state index is 12.7. The summed E-state index contributed by atoms with van der Waals surface area (Å²) in [7, 11) is 0. The second-order valence-corrected chi connectivity index (χ2v) is 8.40. The van der Waals surface area contributed by atoms with Crippen molar-refractivity contribution in [3.8, 4) is 11.9 Å². The molecule has 7 nitrogen and oxygen atoms in total. The Morgan fingerprint density at radius 3 is 2.72 bits per heavy atom. The highest BCUT2D eigenvalue weighted by Gasteiger charge is 2.36. The monoisotopic (exact) mass is 398 g/mol. The lowest BCUT2D eigenvalue weighted by atomic mass is 9.90. The molecule has 3 fully saturated rings. The zero-order chi connectivity index (χ0) is 20.1. The fraction of sp³-hybridized carbons (Fsp3) is 0.682. The number of rotatable bonds is 5. The Balaban J connectivity index is 1.20. The van der Waals surface area contributed by atoms with Crippen molar-refractivity contribution in [3.05, 3.63) is 23.9 Å². The molecule has 1 aromatic heterocycles. The van der Waals surface area contributed by atoms with Crippen LogP contribution in [0.15, 0.2) is 18.3 Å². The fourth-order valence-corrected chi connectivity index (χ4v) is 4.77. The highest BCUT2D eigenvalue weighted by atomic mass is 16.5. The number of hydrogen-bond acceptors (Lipinski definition) is 6. The number of carbonyl (C=O) groups excluding carboxylic acids is 1. The van der Waals surface area contributed by atoms with E-state index in [1.165, 1.54) is 0 Å². The van der Waals surface area contributed by atoms with Gasteiger partial charge in [0.05, 0.1) is 6.10 Å². The Morgan fingerprint density at radius 2 is 1.97 bits per heavy atom. The van der Waals surface area contributed by atoms with Crippen LogP contribution in [0.2, 0.25) is 0 Å². The van der Waals surface area contributed by atoms with Crippen LogP contribution in [0.3, 0.4) is 0 Å². The van der Waals surface area contributed by atoms with Crippen LogP contribution in [0.1, 0.15) is 56.9 Å². The van der Waals surface area contributed by atoms with E-state index in [4.69, 9.17) is 14.7 Å². The molecule has 156 valence electrons. The molecule has 4 rings (SSSR count). The van der Waals surface area contributed by atoms with Gasteiger partial charge in [0, 0.05) is 12.2 Å². The number of nitriles is 1. The van der Waals surface area contributed by atoms with Crippen LogP contribution in [0.5, 0.6) is 5.88 Å². The topological polar surface area (TPSA) is 96.3 Å². The van der Waals surface area contributed by atoms with Gasteiger partial charge in [-0.05, 0) is 82.5 Å². The molecule has 7 heteroatoms. The summed E-state index contributed by atoms with van der Waals surface area (Å²) in [6, 6.07) is 5.74. The largest absolute Gasteiger partial charge is 0.473 e. The minimum atomic E-state index is -0.296. The van der Waals surface area contributed by atoms with Crippen molar-refractivity contribution in [2.75, 3.05) is 13.1 Å². The van der Waals surface area contributed by atoms with E-state index in [1.54, 1.807) is 18.3 Å². The molecule has 0 aromatic carbocycles. The van der Waals surface area contributed by atoms with E-state index < -0.39 is 0 Å². The van der Waals surface area contributed by atoms with E-state index in [2.05, 4.69) is 21.7 Å². The lowest BCUT2D eigenvalue weighted by molar-refractivity contribution is -0.134. The summed E-state index contributed by atoms with van der Waals surface area (Å²) in [5.74, 6) is 1.04. The van der Waals surface area contributed by atoms with E-state index in [0.29, 0.717) is 17.4 Å². The average molecular weight is 399 g/mol. The van der Waals surface area contributed by atoms with Crippen molar-refractivity contribution in [3.63, 3.8) is 0 Å². The molecule has 29 heavy (non-hydrogen) atoms. The maximum atomic E-state index is 12.7. The van der Waals surface area contributed by atoms with Crippen LogP contribution in [-0.4, -0.2) is 48.3 Å². The van der Waals surface area contributed by atoms with Crippen LogP contribution >= 0.6 is 0 Å². The molecule has 3 aliphatic rings. The molecule has 0 spiro atoms. The third-order valence-electron chi connectivity index (χ3n) is 6.44. The fourth-order valence-electron chi connectivity index (χ4n) is 4.77. The second-order valence-electron chi connectivity index (χ2n) is 8.40. The quantitative estimate of drug-likeness (QED) is 0.790. The summed E-state index contributed by atoms with van der Waals surface area (Å²) in [5.41, 5.74) is 0.463. The number of aromatic nitrogens is 1. The summed E-state index contributed by atoms with van der Waals surface area (Å²) in [5, 5.41) is 15.7. The Kier molecular flexibility index (Phi) is 6.63. The molecule has 2 atom stereocenters. The smallest absolute Gasteiger partial charge is 0.249 e. The molecule has 2 unspecified atom stereocenters. The van der Waals surface area contributed by atoms with E-state index in [0.717, 1.165) is 64.5 Å². The normalized spacial score (nSPS) is 30.4. The summed E-state index contributed by atoms with van der Waals surface area (Å²) < 4.78 is 12.1. The van der Waals surface area contributed by atoms with Gasteiger partial charge >= 0.3 is 0 Å². The van der Waals surface area contributed by atoms with Crippen LogP contribution in [-0.2, 0) is 9.53 Å². The Labute approximate surface area is 172 Å².